The van der Waals surface area contributed by atoms with Crippen molar-refractivity contribution in [1.29, 1.82) is 0 Å². The average Bonchev–Trinajstić information content (AvgIpc) is 2.73. The Morgan fingerprint density at radius 1 is 1.19 bits per heavy atom. The minimum atomic E-state index is -5.59. The Hall–Kier alpha value is -1.21. The van der Waals surface area contributed by atoms with Crippen LogP contribution in [0.15, 0.2) is 18.2 Å². The van der Waals surface area contributed by atoms with Crippen LogP contribution in [0.4, 0.5) is 22.0 Å². The summed E-state index contributed by atoms with van der Waals surface area (Å²) in [7, 11) is 0. The molecular weight excluding hydrogens is 293 g/mol. The van der Waals surface area contributed by atoms with Gasteiger partial charge in [0.25, 0.3) is 0 Å². The van der Waals surface area contributed by atoms with Crippen LogP contribution in [-0.2, 0) is 17.1 Å². The lowest BCUT2D eigenvalue weighted by atomic mass is 10.0. The van der Waals surface area contributed by atoms with E-state index in [-0.39, 0.29) is 18.2 Å². The van der Waals surface area contributed by atoms with Gasteiger partial charge in [-0.25, -0.2) is 0 Å². The van der Waals surface area contributed by atoms with Crippen LogP contribution in [0.1, 0.15) is 29.7 Å². The first-order chi connectivity index (χ1) is 9.70. The third kappa shape index (κ3) is 2.32. The molecule has 116 valence electrons. The molecule has 0 spiro atoms. The number of morpholine rings is 1. The van der Waals surface area contributed by atoms with Crippen molar-refractivity contribution in [3.63, 3.8) is 0 Å². The Kier molecular flexibility index (Phi) is 3.25. The molecule has 1 heterocycles. The van der Waals surface area contributed by atoms with Crippen LogP contribution >= 0.6 is 0 Å². The largest absolute Gasteiger partial charge is 0.458 e. The Morgan fingerprint density at radius 2 is 1.90 bits per heavy atom. The van der Waals surface area contributed by atoms with Crippen LogP contribution < -0.4 is 5.32 Å². The molecule has 1 aromatic rings. The molecule has 0 amide bonds. The molecule has 7 heteroatoms. The fraction of sp³-hybridized carbons (Fsp3) is 0.571. The molecule has 1 N–H and O–H groups in total. The highest BCUT2D eigenvalue weighted by molar-refractivity contribution is 5.41. The van der Waals surface area contributed by atoms with Crippen LogP contribution in [0.25, 0.3) is 0 Å². The maximum absolute atomic E-state index is 13.4. The van der Waals surface area contributed by atoms with Gasteiger partial charge < -0.3 is 10.1 Å². The van der Waals surface area contributed by atoms with Crippen molar-refractivity contribution in [3.8, 4) is 0 Å². The summed E-state index contributed by atoms with van der Waals surface area (Å²) in [5, 5.41) is 3.24. The van der Waals surface area contributed by atoms with Crippen molar-refractivity contribution >= 4 is 0 Å². The number of rotatable bonds is 1. The Balaban J connectivity index is 1.93. The number of benzene rings is 1. The molecule has 1 saturated heterocycles. The highest BCUT2D eigenvalue weighted by atomic mass is 19.4. The molecule has 0 aromatic heterocycles. The van der Waals surface area contributed by atoms with Crippen molar-refractivity contribution in [3.05, 3.63) is 34.9 Å². The number of halogens is 5. The van der Waals surface area contributed by atoms with E-state index in [9.17, 15) is 22.0 Å². The first-order valence-electron chi connectivity index (χ1n) is 6.67. The van der Waals surface area contributed by atoms with Crippen molar-refractivity contribution in [2.24, 2.45) is 0 Å². The second kappa shape index (κ2) is 4.64. The number of nitrogens with one attached hydrogen (secondary N) is 1. The van der Waals surface area contributed by atoms with E-state index in [4.69, 9.17) is 4.74 Å². The van der Waals surface area contributed by atoms with Crippen LogP contribution in [0.2, 0.25) is 0 Å². The van der Waals surface area contributed by atoms with Crippen molar-refractivity contribution < 1.29 is 26.7 Å². The zero-order chi connectivity index (χ0) is 15.4. The molecule has 0 saturated carbocycles. The van der Waals surface area contributed by atoms with Gasteiger partial charge in [0.2, 0.25) is 0 Å². The van der Waals surface area contributed by atoms with Gasteiger partial charge in [-0.1, -0.05) is 12.1 Å². The minimum absolute atomic E-state index is 0.00310. The number of fused-ring (bicyclic) bond motifs is 3. The molecule has 1 fully saturated rings. The van der Waals surface area contributed by atoms with Gasteiger partial charge in [0.1, 0.15) is 0 Å². The summed E-state index contributed by atoms with van der Waals surface area (Å²) in [4.78, 5) is 0. The number of alkyl halides is 5. The smallest absolute Gasteiger partial charge is 0.372 e. The summed E-state index contributed by atoms with van der Waals surface area (Å²) in [5.74, 6) is -4.84. The Labute approximate surface area is 118 Å². The fourth-order valence-electron chi connectivity index (χ4n) is 2.99. The second-order valence-electron chi connectivity index (χ2n) is 5.56. The lowest BCUT2D eigenvalue weighted by molar-refractivity contribution is -0.289. The highest BCUT2D eigenvalue weighted by Crippen LogP contribution is 2.46. The van der Waals surface area contributed by atoms with Gasteiger partial charge in [0, 0.05) is 18.5 Å². The quantitative estimate of drug-likeness (QED) is 0.804. The number of hydrogen-bond donors (Lipinski definition) is 1. The summed E-state index contributed by atoms with van der Waals surface area (Å²) < 4.78 is 69.8. The monoisotopic (exact) mass is 307 g/mol. The third-order valence-corrected chi connectivity index (χ3v) is 4.02. The fourth-order valence-corrected chi connectivity index (χ4v) is 2.99. The SMILES string of the molecule is CC1CNC2c3ccc(C(F)(F)C(F)(F)F)cc3CC2O1. The topological polar surface area (TPSA) is 21.3 Å². The van der Waals surface area contributed by atoms with Crippen LogP contribution in [-0.4, -0.2) is 24.9 Å². The first-order valence-corrected chi connectivity index (χ1v) is 6.67. The van der Waals surface area contributed by atoms with E-state index in [0.717, 1.165) is 17.7 Å². The first kappa shape index (κ1) is 14.7. The van der Waals surface area contributed by atoms with E-state index in [2.05, 4.69) is 5.32 Å². The zero-order valence-electron chi connectivity index (χ0n) is 11.2. The lowest BCUT2D eigenvalue weighted by Crippen LogP contribution is -2.44. The molecule has 21 heavy (non-hydrogen) atoms. The summed E-state index contributed by atoms with van der Waals surface area (Å²) in [5.41, 5.74) is 0.224. The predicted octanol–water partition coefficient (Wildman–Crippen LogP) is 3.31. The van der Waals surface area contributed by atoms with E-state index < -0.39 is 17.7 Å². The molecule has 3 rings (SSSR count). The summed E-state index contributed by atoms with van der Waals surface area (Å²) in [6.07, 6.45) is -5.45. The van der Waals surface area contributed by atoms with Crippen molar-refractivity contribution in [2.45, 2.75) is 43.7 Å². The second-order valence-corrected chi connectivity index (χ2v) is 5.56. The minimum Gasteiger partial charge on any atom is -0.372 e. The van der Waals surface area contributed by atoms with E-state index in [1.54, 1.807) is 0 Å². The van der Waals surface area contributed by atoms with E-state index in [1.165, 1.54) is 6.07 Å². The third-order valence-electron chi connectivity index (χ3n) is 4.02. The lowest BCUT2D eigenvalue weighted by Gasteiger charge is -2.32. The van der Waals surface area contributed by atoms with Crippen LogP contribution in [0.5, 0.6) is 0 Å². The average molecular weight is 307 g/mol. The molecule has 2 nitrogen and oxygen atoms in total. The molecule has 0 radical (unpaired) electrons. The zero-order valence-corrected chi connectivity index (χ0v) is 11.2. The van der Waals surface area contributed by atoms with E-state index >= 15 is 0 Å². The molecule has 2 aliphatic rings. The van der Waals surface area contributed by atoms with Crippen molar-refractivity contribution in [1.82, 2.24) is 5.32 Å². The normalized spacial score (nSPS) is 29.1. The van der Waals surface area contributed by atoms with Gasteiger partial charge in [-0.15, -0.1) is 0 Å². The summed E-state index contributed by atoms with van der Waals surface area (Å²) in [6.45, 7) is 2.51. The molecule has 1 aromatic carbocycles. The maximum atomic E-state index is 13.4. The highest BCUT2D eigenvalue weighted by Gasteiger charge is 2.59. The van der Waals surface area contributed by atoms with Gasteiger partial charge in [0.05, 0.1) is 18.2 Å². The van der Waals surface area contributed by atoms with Crippen LogP contribution in [0.3, 0.4) is 0 Å². The summed E-state index contributed by atoms with van der Waals surface area (Å²) in [6, 6.07) is 3.02. The van der Waals surface area contributed by atoms with Gasteiger partial charge >= 0.3 is 12.1 Å². The predicted molar refractivity (Wildman–Crippen MR) is 65.2 cm³/mol. The van der Waals surface area contributed by atoms with E-state index in [0.29, 0.717) is 18.5 Å². The van der Waals surface area contributed by atoms with Crippen LogP contribution in [0, 0.1) is 0 Å². The standard InChI is InChI=1S/C14H14F5NO/c1-7-6-20-12-10-3-2-9(13(15,16)14(17,18)19)4-8(10)5-11(12)21-7/h2-4,7,11-12,20H,5-6H2,1H3. The Morgan fingerprint density at radius 3 is 2.57 bits per heavy atom. The number of hydrogen-bond acceptors (Lipinski definition) is 2. The van der Waals surface area contributed by atoms with E-state index in [1.807, 2.05) is 6.92 Å². The maximum Gasteiger partial charge on any atom is 0.458 e. The van der Waals surface area contributed by atoms with Crippen molar-refractivity contribution in [2.75, 3.05) is 6.54 Å². The molecular formula is C14H14F5NO. The van der Waals surface area contributed by atoms with Gasteiger partial charge in [-0.3, -0.25) is 0 Å². The molecule has 1 aliphatic heterocycles. The Bertz CT molecular complexity index is 557. The molecule has 3 unspecified atom stereocenters. The summed E-state index contributed by atoms with van der Waals surface area (Å²) >= 11 is 0. The molecule has 1 aliphatic carbocycles. The molecule has 0 bridgehead atoms. The van der Waals surface area contributed by atoms with Gasteiger partial charge in [0.15, 0.2) is 0 Å². The van der Waals surface area contributed by atoms with Gasteiger partial charge in [-0.05, 0) is 24.1 Å². The number of ether oxygens (including phenoxy) is 1. The molecule has 3 atom stereocenters. The van der Waals surface area contributed by atoms with Gasteiger partial charge in [-0.2, -0.15) is 22.0 Å².